The Kier molecular flexibility index (Phi) is 6.19. The zero-order valence-electron chi connectivity index (χ0n) is 21.2. The first-order valence-corrected chi connectivity index (χ1v) is 13.0. The van der Waals surface area contributed by atoms with E-state index < -0.39 is 11.7 Å². The van der Waals surface area contributed by atoms with Crippen molar-refractivity contribution in [3.05, 3.63) is 64.2 Å². The summed E-state index contributed by atoms with van der Waals surface area (Å²) in [5.74, 6) is 0.0514. The molecule has 38 heavy (non-hydrogen) atoms. The summed E-state index contributed by atoms with van der Waals surface area (Å²) in [6, 6.07) is 10.0. The second-order valence-electron chi connectivity index (χ2n) is 10.4. The van der Waals surface area contributed by atoms with Gasteiger partial charge in [-0.05, 0) is 67.0 Å². The fourth-order valence-corrected chi connectivity index (χ4v) is 5.90. The van der Waals surface area contributed by atoms with Gasteiger partial charge in [-0.1, -0.05) is 12.1 Å². The highest BCUT2D eigenvalue weighted by atomic mass is 19.4. The Bertz CT molecular complexity index is 1560. The van der Waals surface area contributed by atoms with Crippen LogP contribution in [0.3, 0.4) is 0 Å². The molecule has 4 aromatic rings. The molecule has 0 atom stereocenters. The summed E-state index contributed by atoms with van der Waals surface area (Å²) in [4.78, 5) is 19.6. The number of nitrogens with zero attached hydrogens (tertiary/aromatic N) is 4. The van der Waals surface area contributed by atoms with E-state index in [0.29, 0.717) is 55.8 Å². The standard InChI is InChI=1S/C28H30F3N5O2/c1-34-27(37)25(17-8-12-38-13-9-17)26-21-14-18(2-4-23(21)33-16-36(26)34)19-3-5-24(22(15-19)28(29,30)31)35-10-6-20(32)7-11-35/h2-5,14-17,20H,6-13,32H2,1H3. The molecule has 0 spiro atoms. The minimum Gasteiger partial charge on any atom is -0.381 e. The number of halogens is 3. The number of nitrogens with two attached hydrogens (primary N) is 1. The van der Waals surface area contributed by atoms with Gasteiger partial charge in [-0.25, -0.2) is 14.2 Å². The summed E-state index contributed by atoms with van der Waals surface area (Å²) < 4.78 is 51.5. The van der Waals surface area contributed by atoms with Gasteiger partial charge < -0.3 is 15.4 Å². The van der Waals surface area contributed by atoms with Crippen molar-refractivity contribution in [1.29, 1.82) is 0 Å². The van der Waals surface area contributed by atoms with Crippen LogP contribution in [0.4, 0.5) is 18.9 Å². The summed E-state index contributed by atoms with van der Waals surface area (Å²) in [6.45, 7) is 2.19. The number of ether oxygens (including phenoxy) is 1. The highest BCUT2D eigenvalue weighted by Gasteiger charge is 2.36. The third-order valence-electron chi connectivity index (χ3n) is 8.03. The van der Waals surface area contributed by atoms with Crippen molar-refractivity contribution < 1.29 is 17.9 Å². The van der Waals surface area contributed by atoms with E-state index in [9.17, 15) is 18.0 Å². The second kappa shape index (κ2) is 9.43. The first kappa shape index (κ1) is 24.9. The monoisotopic (exact) mass is 525 g/mol. The Morgan fingerprint density at radius 3 is 2.39 bits per heavy atom. The van der Waals surface area contributed by atoms with Crippen molar-refractivity contribution in [3.8, 4) is 11.1 Å². The van der Waals surface area contributed by atoms with Gasteiger partial charge in [-0.15, -0.1) is 0 Å². The molecule has 2 aliphatic rings. The van der Waals surface area contributed by atoms with E-state index in [-0.39, 0.29) is 23.2 Å². The highest BCUT2D eigenvalue weighted by Crippen LogP contribution is 2.41. The molecule has 4 heterocycles. The van der Waals surface area contributed by atoms with Crippen LogP contribution in [0.2, 0.25) is 0 Å². The Morgan fingerprint density at radius 1 is 1.00 bits per heavy atom. The van der Waals surface area contributed by atoms with Crippen molar-refractivity contribution in [1.82, 2.24) is 14.2 Å². The lowest BCUT2D eigenvalue weighted by molar-refractivity contribution is -0.137. The molecule has 0 radical (unpaired) electrons. The van der Waals surface area contributed by atoms with Crippen LogP contribution in [-0.4, -0.2) is 46.5 Å². The molecule has 6 rings (SSSR count). The Balaban J connectivity index is 1.50. The van der Waals surface area contributed by atoms with Crippen LogP contribution in [0.25, 0.3) is 27.5 Å². The summed E-state index contributed by atoms with van der Waals surface area (Å²) in [6.07, 6.45) is -0.0497. The molecule has 2 N–H and O–H groups in total. The van der Waals surface area contributed by atoms with Gasteiger partial charge in [0, 0.05) is 56.0 Å². The number of hydrogen-bond acceptors (Lipinski definition) is 5. The number of rotatable bonds is 3. The largest absolute Gasteiger partial charge is 0.418 e. The zero-order valence-corrected chi connectivity index (χ0v) is 21.2. The van der Waals surface area contributed by atoms with Crippen LogP contribution in [0.5, 0.6) is 0 Å². The molecule has 2 saturated heterocycles. The molecular formula is C28H30F3N5O2. The van der Waals surface area contributed by atoms with Crippen LogP contribution in [0, 0.1) is 0 Å². The maximum absolute atomic E-state index is 14.2. The average molecular weight is 526 g/mol. The lowest BCUT2D eigenvalue weighted by atomic mass is 9.91. The third kappa shape index (κ3) is 4.25. The Labute approximate surface area is 217 Å². The van der Waals surface area contributed by atoms with E-state index in [1.807, 2.05) is 12.1 Å². The minimum absolute atomic E-state index is 0.0272. The number of aryl methyl sites for hydroxylation is 1. The lowest BCUT2D eigenvalue weighted by Crippen LogP contribution is -2.40. The molecule has 2 aromatic carbocycles. The van der Waals surface area contributed by atoms with E-state index in [4.69, 9.17) is 10.5 Å². The van der Waals surface area contributed by atoms with Gasteiger partial charge in [-0.3, -0.25) is 4.79 Å². The van der Waals surface area contributed by atoms with Crippen molar-refractivity contribution in [2.24, 2.45) is 12.8 Å². The molecular weight excluding hydrogens is 495 g/mol. The van der Waals surface area contributed by atoms with Crippen molar-refractivity contribution in [2.45, 2.75) is 43.8 Å². The number of piperidine rings is 1. The van der Waals surface area contributed by atoms with E-state index in [2.05, 4.69) is 4.98 Å². The summed E-state index contributed by atoms with van der Waals surface area (Å²) in [5.41, 5.74) is 8.69. The van der Waals surface area contributed by atoms with Gasteiger partial charge in [0.2, 0.25) is 0 Å². The van der Waals surface area contributed by atoms with Gasteiger partial charge >= 0.3 is 6.18 Å². The van der Waals surface area contributed by atoms with Crippen LogP contribution in [0.1, 0.15) is 42.7 Å². The van der Waals surface area contributed by atoms with E-state index in [1.54, 1.807) is 45.7 Å². The maximum Gasteiger partial charge on any atom is 0.418 e. The summed E-state index contributed by atoms with van der Waals surface area (Å²) in [5, 5.41) is 0.742. The molecule has 10 heteroatoms. The number of alkyl halides is 3. The summed E-state index contributed by atoms with van der Waals surface area (Å²) >= 11 is 0. The van der Waals surface area contributed by atoms with Crippen molar-refractivity contribution in [3.63, 3.8) is 0 Å². The predicted octanol–water partition coefficient (Wildman–Crippen LogP) is 4.69. The minimum atomic E-state index is -4.50. The lowest BCUT2D eigenvalue weighted by Gasteiger charge is -2.33. The number of anilines is 1. The first-order valence-electron chi connectivity index (χ1n) is 13.0. The SMILES string of the molecule is Cn1c(=O)c(C2CCOCC2)c2c3cc(-c4ccc(N5CCC(N)CC5)c(C(F)(F)F)c4)ccc3ncn21. The van der Waals surface area contributed by atoms with Gasteiger partial charge in [0.25, 0.3) is 5.56 Å². The smallest absolute Gasteiger partial charge is 0.381 e. The normalized spacial score (nSPS) is 18.1. The molecule has 2 aromatic heterocycles. The zero-order chi connectivity index (χ0) is 26.6. The molecule has 0 bridgehead atoms. The Morgan fingerprint density at radius 2 is 1.68 bits per heavy atom. The van der Waals surface area contributed by atoms with E-state index >= 15 is 0 Å². The van der Waals surface area contributed by atoms with Crippen LogP contribution in [0.15, 0.2) is 47.5 Å². The van der Waals surface area contributed by atoms with Gasteiger partial charge in [0.05, 0.1) is 16.6 Å². The van der Waals surface area contributed by atoms with E-state index in [1.165, 1.54) is 6.07 Å². The van der Waals surface area contributed by atoms with E-state index in [0.717, 1.165) is 29.3 Å². The van der Waals surface area contributed by atoms with Crippen molar-refractivity contribution in [2.75, 3.05) is 31.2 Å². The first-order chi connectivity index (χ1) is 18.2. The number of benzene rings is 2. The van der Waals surface area contributed by atoms with Crippen LogP contribution in [-0.2, 0) is 18.0 Å². The van der Waals surface area contributed by atoms with Gasteiger partial charge in [-0.2, -0.15) is 13.2 Å². The van der Waals surface area contributed by atoms with Gasteiger partial charge in [0.15, 0.2) is 0 Å². The van der Waals surface area contributed by atoms with Crippen LogP contribution < -0.4 is 16.2 Å². The predicted molar refractivity (Wildman–Crippen MR) is 141 cm³/mol. The third-order valence-corrected chi connectivity index (χ3v) is 8.03. The molecule has 0 aliphatic carbocycles. The number of fused-ring (bicyclic) bond motifs is 3. The maximum atomic E-state index is 14.2. The molecule has 2 fully saturated rings. The molecule has 7 nitrogen and oxygen atoms in total. The number of aromatic nitrogens is 3. The summed E-state index contributed by atoms with van der Waals surface area (Å²) in [7, 11) is 1.71. The molecule has 0 saturated carbocycles. The topological polar surface area (TPSA) is 77.8 Å². The molecule has 2 aliphatic heterocycles. The highest BCUT2D eigenvalue weighted by molar-refractivity contribution is 5.98. The van der Waals surface area contributed by atoms with Gasteiger partial charge in [0.1, 0.15) is 6.33 Å². The Hall–Kier alpha value is -3.37. The average Bonchev–Trinajstić information content (AvgIpc) is 3.18. The molecule has 0 amide bonds. The quantitative estimate of drug-likeness (QED) is 0.420. The van der Waals surface area contributed by atoms with Crippen LogP contribution >= 0.6 is 0 Å². The van der Waals surface area contributed by atoms with Crippen molar-refractivity contribution >= 4 is 22.1 Å². The molecule has 0 unspecified atom stereocenters. The fraction of sp³-hybridized carbons (Fsp3) is 0.429. The fourth-order valence-electron chi connectivity index (χ4n) is 5.90. The second-order valence-corrected chi connectivity index (χ2v) is 10.4. The molecule has 200 valence electrons. The number of hydrogen-bond donors (Lipinski definition) is 1.